The molecule has 1 fully saturated rings. The van der Waals surface area contributed by atoms with Crippen molar-refractivity contribution in [2.24, 2.45) is 0 Å². The highest BCUT2D eigenvalue weighted by atomic mass is 79.9. The first-order valence-corrected chi connectivity index (χ1v) is 7.73. The molecule has 1 aliphatic rings. The molecule has 1 aromatic rings. The van der Waals surface area contributed by atoms with Crippen LogP contribution in [0.2, 0.25) is 0 Å². The lowest BCUT2D eigenvalue weighted by Crippen LogP contribution is -2.49. The van der Waals surface area contributed by atoms with E-state index in [0.29, 0.717) is 6.54 Å². The summed E-state index contributed by atoms with van der Waals surface area (Å²) in [4.78, 5) is 17.4. The van der Waals surface area contributed by atoms with Gasteiger partial charge in [-0.1, -0.05) is 0 Å². The Labute approximate surface area is 120 Å². The van der Waals surface area contributed by atoms with Gasteiger partial charge in [-0.25, -0.2) is 0 Å². The van der Waals surface area contributed by atoms with Gasteiger partial charge in [-0.2, -0.15) is 0 Å². The van der Waals surface area contributed by atoms with Gasteiger partial charge in [0.1, 0.15) is 0 Å². The van der Waals surface area contributed by atoms with Crippen molar-refractivity contribution in [1.82, 2.24) is 15.1 Å². The second-order valence-corrected chi connectivity index (χ2v) is 6.35. The molecule has 1 aromatic heterocycles. The van der Waals surface area contributed by atoms with E-state index in [-0.39, 0.29) is 5.91 Å². The number of thiophene rings is 1. The SMILES string of the molecule is CN(CC(=O)N1CCNCC1)Cc1sccc1Br. The zero-order valence-electron chi connectivity index (χ0n) is 10.5. The molecule has 0 bridgehead atoms. The van der Waals surface area contributed by atoms with Gasteiger partial charge in [-0.05, 0) is 34.4 Å². The van der Waals surface area contributed by atoms with Gasteiger partial charge in [0.2, 0.25) is 5.91 Å². The quantitative estimate of drug-likeness (QED) is 0.905. The Morgan fingerprint density at radius 3 is 2.89 bits per heavy atom. The highest BCUT2D eigenvalue weighted by molar-refractivity contribution is 9.10. The van der Waals surface area contributed by atoms with Crippen molar-refractivity contribution >= 4 is 33.2 Å². The number of carbonyl (C=O) groups is 1. The molecular weight excluding hydrogens is 314 g/mol. The first kappa shape index (κ1) is 14.0. The highest BCUT2D eigenvalue weighted by Crippen LogP contribution is 2.23. The maximum Gasteiger partial charge on any atom is 0.236 e. The van der Waals surface area contributed by atoms with Crippen LogP contribution < -0.4 is 5.32 Å². The van der Waals surface area contributed by atoms with E-state index in [0.717, 1.165) is 37.2 Å². The van der Waals surface area contributed by atoms with Crippen molar-refractivity contribution in [3.05, 3.63) is 20.8 Å². The fourth-order valence-corrected chi connectivity index (χ4v) is 3.54. The van der Waals surface area contributed by atoms with Crippen molar-refractivity contribution in [1.29, 1.82) is 0 Å². The highest BCUT2D eigenvalue weighted by Gasteiger charge is 2.18. The molecule has 1 aliphatic heterocycles. The van der Waals surface area contributed by atoms with E-state index in [9.17, 15) is 4.79 Å². The van der Waals surface area contributed by atoms with Crippen LogP contribution in [0, 0.1) is 0 Å². The van der Waals surface area contributed by atoms with Crippen LogP contribution in [-0.4, -0.2) is 55.5 Å². The molecule has 0 saturated carbocycles. The maximum atomic E-state index is 12.1. The molecule has 4 nitrogen and oxygen atoms in total. The van der Waals surface area contributed by atoms with Gasteiger partial charge < -0.3 is 10.2 Å². The monoisotopic (exact) mass is 331 g/mol. The van der Waals surface area contributed by atoms with Crippen LogP contribution in [0.3, 0.4) is 0 Å². The molecule has 0 aromatic carbocycles. The Morgan fingerprint density at radius 2 is 2.28 bits per heavy atom. The molecule has 1 saturated heterocycles. The third-order valence-electron chi connectivity index (χ3n) is 2.98. The summed E-state index contributed by atoms with van der Waals surface area (Å²) in [7, 11) is 1.99. The van der Waals surface area contributed by atoms with Crippen LogP contribution in [0.1, 0.15) is 4.88 Å². The summed E-state index contributed by atoms with van der Waals surface area (Å²) in [6.45, 7) is 4.78. The summed E-state index contributed by atoms with van der Waals surface area (Å²) in [6.07, 6.45) is 0. The Bertz CT molecular complexity index is 404. The van der Waals surface area contributed by atoms with Crippen molar-refractivity contribution < 1.29 is 4.79 Å². The number of amides is 1. The minimum Gasteiger partial charge on any atom is -0.339 e. The van der Waals surface area contributed by atoms with Crippen LogP contribution in [-0.2, 0) is 11.3 Å². The normalized spacial score (nSPS) is 16.3. The molecule has 18 heavy (non-hydrogen) atoms. The maximum absolute atomic E-state index is 12.1. The number of nitrogens with zero attached hydrogens (tertiary/aromatic N) is 2. The average Bonchev–Trinajstić information content (AvgIpc) is 2.76. The second kappa shape index (κ2) is 6.65. The predicted molar refractivity (Wildman–Crippen MR) is 77.8 cm³/mol. The van der Waals surface area contributed by atoms with E-state index in [4.69, 9.17) is 0 Å². The van der Waals surface area contributed by atoms with E-state index < -0.39 is 0 Å². The fraction of sp³-hybridized carbons (Fsp3) is 0.583. The van der Waals surface area contributed by atoms with Gasteiger partial charge in [0.25, 0.3) is 0 Å². The molecule has 2 heterocycles. The Hall–Kier alpha value is -0.430. The summed E-state index contributed by atoms with van der Waals surface area (Å²) in [5.74, 6) is 0.228. The third kappa shape index (κ3) is 3.78. The van der Waals surface area contributed by atoms with E-state index in [1.54, 1.807) is 11.3 Å². The molecule has 0 spiro atoms. The average molecular weight is 332 g/mol. The Kier molecular flexibility index (Phi) is 5.17. The first-order valence-electron chi connectivity index (χ1n) is 6.05. The lowest BCUT2D eigenvalue weighted by Gasteiger charge is -2.29. The number of hydrogen-bond donors (Lipinski definition) is 1. The molecule has 0 aliphatic carbocycles. The first-order chi connectivity index (χ1) is 8.66. The van der Waals surface area contributed by atoms with E-state index in [1.165, 1.54) is 4.88 Å². The molecule has 100 valence electrons. The van der Waals surface area contributed by atoms with Crippen LogP contribution >= 0.6 is 27.3 Å². The van der Waals surface area contributed by atoms with E-state index in [1.807, 2.05) is 18.0 Å². The van der Waals surface area contributed by atoms with Crippen molar-refractivity contribution in [2.45, 2.75) is 6.54 Å². The number of halogens is 1. The van der Waals surface area contributed by atoms with Gasteiger partial charge in [0.05, 0.1) is 6.54 Å². The zero-order chi connectivity index (χ0) is 13.0. The van der Waals surface area contributed by atoms with Crippen LogP contribution in [0.15, 0.2) is 15.9 Å². The van der Waals surface area contributed by atoms with Gasteiger partial charge in [0, 0.05) is 42.1 Å². The second-order valence-electron chi connectivity index (χ2n) is 4.49. The fourth-order valence-electron chi connectivity index (χ4n) is 1.98. The van der Waals surface area contributed by atoms with Crippen LogP contribution in [0.4, 0.5) is 0 Å². The number of piperazine rings is 1. The summed E-state index contributed by atoms with van der Waals surface area (Å²) in [5.41, 5.74) is 0. The lowest BCUT2D eigenvalue weighted by atomic mass is 10.3. The molecule has 1 amide bonds. The Balaban J connectivity index is 1.81. The van der Waals surface area contributed by atoms with Crippen molar-refractivity contribution in [3.8, 4) is 0 Å². The van der Waals surface area contributed by atoms with Crippen LogP contribution in [0.5, 0.6) is 0 Å². The predicted octanol–water partition coefficient (Wildman–Crippen LogP) is 1.37. The number of rotatable bonds is 4. The van der Waals surface area contributed by atoms with Gasteiger partial charge in [-0.15, -0.1) is 11.3 Å². The summed E-state index contributed by atoms with van der Waals surface area (Å²) in [6, 6.07) is 2.05. The molecular formula is C12H18BrN3OS. The number of carbonyl (C=O) groups excluding carboxylic acids is 1. The minimum atomic E-state index is 0.228. The minimum absolute atomic E-state index is 0.228. The standard InChI is InChI=1S/C12H18BrN3OS/c1-15(8-11-10(13)2-7-18-11)9-12(17)16-5-3-14-4-6-16/h2,7,14H,3-6,8-9H2,1H3. The Morgan fingerprint density at radius 1 is 1.56 bits per heavy atom. The molecule has 0 unspecified atom stereocenters. The number of nitrogens with one attached hydrogen (secondary N) is 1. The van der Waals surface area contributed by atoms with Crippen molar-refractivity contribution in [2.75, 3.05) is 39.8 Å². The summed E-state index contributed by atoms with van der Waals surface area (Å²) >= 11 is 5.23. The van der Waals surface area contributed by atoms with Gasteiger partial charge >= 0.3 is 0 Å². The largest absolute Gasteiger partial charge is 0.339 e. The zero-order valence-corrected chi connectivity index (χ0v) is 12.9. The summed E-state index contributed by atoms with van der Waals surface area (Å²) < 4.78 is 1.13. The summed E-state index contributed by atoms with van der Waals surface area (Å²) in [5, 5.41) is 5.32. The number of likely N-dealkylation sites (N-methyl/N-ethyl adjacent to an activating group) is 1. The van der Waals surface area contributed by atoms with Gasteiger partial charge in [0.15, 0.2) is 0 Å². The van der Waals surface area contributed by atoms with Gasteiger partial charge in [-0.3, -0.25) is 9.69 Å². The smallest absolute Gasteiger partial charge is 0.236 e. The molecule has 2 rings (SSSR count). The van der Waals surface area contributed by atoms with Crippen LogP contribution in [0.25, 0.3) is 0 Å². The lowest BCUT2D eigenvalue weighted by molar-refractivity contribution is -0.132. The van der Waals surface area contributed by atoms with E-state index in [2.05, 4.69) is 31.5 Å². The van der Waals surface area contributed by atoms with Crippen molar-refractivity contribution in [3.63, 3.8) is 0 Å². The van der Waals surface area contributed by atoms with E-state index >= 15 is 0 Å². The molecule has 0 atom stereocenters. The number of hydrogen-bond acceptors (Lipinski definition) is 4. The molecule has 6 heteroatoms. The molecule has 0 radical (unpaired) electrons. The topological polar surface area (TPSA) is 35.6 Å². The third-order valence-corrected chi connectivity index (χ3v) is 4.89. The molecule has 1 N–H and O–H groups in total.